The van der Waals surface area contributed by atoms with Gasteiger partial charge >= 0.3 is 5.76 Å². The highest BCUT2D eigenvalue weighted by atomic mass is 35.5. The number of halogens is 1. The van der Waals surface area contributed by atoms with Gasteiger partial charge in [-0.25, -0.2) is 14.8 Å². The van der Waals surface area contributed by atoms with Crippen LogP contribution in [0, 0.1) is 20.8 Å². The topological polar surface area (TPSA) is 127 Å². The van der Waals surface area contributed by atoms with Crippen LogP contribution in [0.15, 0.2) is 61.0 Å². The monoisotopic (exact) mass is 503 g/mol. The zero-order valence-corrected chi connectivity index (χ0v) is 20.7. The summed E-state index contributed by atoms with van der Waals surface area (Å²) in [5.74, 6) is -0.131. The Hall–Kier alpha value is -4.24. The number of hydrogen-bond acceptors (Lipinski definition) is 8. The molecule has 0 saturated heterocycles. The maximum atomic E-state index is 13.4. The molecule has 0 fully saturated rings. The summed E-state index contributed by atoms with van der Waals surface area (Å²) >= 11 is 6.10. The molecule has 0 aliphatic heterocycles. The van der Waals surface area contributed by atoms with Crippen LogP contribution in [0.3, 0.4) is 0 Å². The summed E-state index contributed by atoms with van der Waals surface area (Å²) in [7, 11) is 0. The Kier molecular flexibility index (Phi) is 5.93. The van der Waals surface area contributed by atoms with Crippen LogP contribution in [0.25, 0.3) is 33.9 Å². The van der Waals surface area contributed by atoms with Crippen LogP contribution in [-0.2, 0) is 0 Å². The fourth-order valence-electron chi connectivity index (χ4n) is 4.18. The highest BCUT2D eigenvalue weighted by Gasteiger charge is 2.21. The van der Waals surface area contributed by atoms with Gasteiger partial charge < -0.3 is 9.73 Å². The van der Waals surface area contributed by atoms with Gasteiger partial charge in [-0.2, -0.15) is 0 Å². The minimum atomic E-state index is -0.704. The third kappa shape index (κ3) is 4.29. The van der Waals surface area contributed by atoms with Crippen LogP contribution in [0.1, 0.15) is 35.3 Å². The van der Waals surface area contributed by atoms with Crippen LogP contribution < -0.4 is 16.5 Å². The van der Waals surface area contributed by atoms with Gasteiger partial charge in [0.15, 0.2) is 11.2 Å². The third-order valence-electron chi connectivity index (χ3n) is 5.88. The number of anilines is 1. The maximum Gasteiger partial charge on any atom is 0.439 e. The average Bonchev–Trinajstić information content (AvgIpc) is 3.28. The molecule has 36 heavy (non-hydrogen) atoms. The van der Waals surface area contributed by atoms with Crippen LogP contribution in [0.4, 0.5) is 5.69 Å². The van der Waals surface area contributed by atoms with Gasteiger partial charge in [0.2, 0.25) is 5.82 Å². The smallest absolute Gasteiger partial charge is 0.439 e. The Morgan fingerprint density at radius 2 is 1.86 bits per heavy atom. The SMILES string of the molecule is Cc1cc([C@@H](C)Nc2ccc(Cl)nc2-c2noc(=O)[nH]2)c2oc(-c3cccc(C)n3)c(C)c(=O)c2c1. The van der Waals surface area contributed by atoms with E-state index in [4.69, 9.17) is 16.0 Å². The molecule has 0 aliphatic rings. The van der Waals surface area contributed by atoms with E-state index in [1.165, 1.54) is 0 Å². The van der Waals surface area contributed by atoms with E-state index in [9.17, 15) is 9.59 Å². The highest BCUT2D eigenvalue weighted by molar-refractivity contribution is 6.29. The second kappa shape index (κ2) is 9.09. The number of hydrogen-bond donors (Lipinski definition) is 2. The standard InChI is InChI=1S/C26H22ClN5O4/c1-12-10-16(15(4)29-18-8-9-20(27)30-21(18)25-31-26(34)36-32-25)24-17(11-12)22(33)14(3)23(35-24)19-7-5-6-13(2)28-19/h5-11,15,29H,1-4H3,(H,31,32,34)/t15-/m1/s1. The molecule has 0 spiro atoms. The van der Waals surface area contributed by atoms with Crippen molar-refractivity contribution in [2.24, 2.45) is 0 Å². The molecular weight excluding hydrogens is 482 g/mol. The van der Waals surface area contributed by atoms with E-state index in [0.717, 1.165) is 16.8 Å². The number of aryl methyl sites for hydroxylation is 2. The van der Waals surface area contributed by atoms with Crippen molar-refractivity contribution >= 4 is 28.3 Å². The molecular formula is C26H22ClN5O4. The zero-order valence-electron chi connectivity index (χ0n) is 20.0. The first-order valence-electron chi connectivity index (χ1n) is 11.2. The highest BCUT2D eigenvalue weighted by Crippen LogP contribution is 2.33. The lowest BCUT2D eigenvalue weighted by atomic mass is 9.99. The Morgan fingerprint density at radius 3 is 2.58 bits per heavy atom. The first kappa shape index (κ1) is 23.5. The molecule has 1 atom stereocenters. The van der Waals surface area contributed by atoms with Crippen LogP contribution in [0.5, 0.6) is 0 Å². The molecule has 5 aromatic rings. The first-order chi connectivity index (χ1) is 17.2. The molecule has 0 saturated carbocycles. The molecule has 9 nitrogen and oxygen atoms in total. The second-order valence-corrected chi connectivity index (χ2v) is 9.01. The Balaban J connectivity index is 1.65. The molecule has 4 heterocycles. The van der Waals surface area contributed by atoms with Gasteiger partial charge in [0.05, 0.1) is 17.1 Å². The minimum Gasteiger partial charge on any atom is -0.454 e. The van der Waals surface area contributed by atoms with Gasteiger partial charge in [-0.05, 0) is 63.6 Å². The summed E-state index contributed by atoms with van der Waals surface area (Å²) in [6, 6.07) is 12.4. The summed E-state index contributed by atoms with van der Waals surface area (Å²) in [5.41, 5.74) is 4.83. The molecule has 0 radical (unpaired) electrons. The number of H-pyrrole nitrogens is 1. The molecule has 1 aromatic carbocycles. The van der Waals surface area contributed by atoms with Crippen molar-refractivity contribution < 1.29 is 8.94 Å². The van der Waals surface area contributed by atoms with Gasteiger partial charge in [-0.3, -0.25) is 14.3 Å². The molecule has 10 heteroatoms. The summed E-state index contributed by atoms with van der Waals surface area (Å²) in [6.07, 6.45) is 0. The summed E-state index contributed by atoms with van der Waals surface area (Å²) < 4.78 is 11.0. The van der Waals surface area contributed by atoms with Gasteiger partial charge in [-0.1, -0.05) is 28.9 Å². The summed E-state index contributed by atoms with van der Waals surface area (Å²) in [6.45, 7) is 7.50. The summed E-state index contributed by atoms with van der Waals surface area (Å²) in [4.78, 5) is 36.2. The number of fused-ring (bicyclic) bond motifs is 1. The first-order valence-corrected chi connectivity index (χ1v) is 11.6. The van der Waals surface area contributed by atoms with Crippen molar-refractivity contribution in [1.29, 1.82) is 0 Å². The quantitative estimate of drug-likeness (QED) is 0.307. The van der Waals surface area contributed by atoms with Crippen molar-refractivity contribution in [2.75, 3.05) is 5.32 Å². The van der Waals surface area contributed by atoms with Crippen molar-refractivity contribution in [2.45, 2.75) is 33.7 Å². The number of pyridine rings is 2. The van der Waals surface area contributed by atoms with E-state index < -0.39 is 5.76 Å². The fraction of sp³-hybridized carbons (Fsp3) is 0.192. The number of benzene rings is 1. The number of aromatic nitrogens is 4. The zero-order chi connectivity index (χ0) is 25.6. The molecule has 0 bridgehead atoms. The van der Waals surface area contributed by atoms with Crippen molar-refractivity contribution in [3.63, 3.8) is 0 Å². The van der Waals surface area contributed by atoms with Crippen LogP contribution in [0.2, 0.25) is 5.15 Å². The van der Waals surface area contributed by atoms with Gasteiger partial charge in [0.1, 0.15) is 22.1 Å². The van der Waals surface area contributed by atoms with E-state index in [2.05, 4.69) is 29.9 Å². The average molecular weight is 504 g/mol. The van der Waals surface area contributed by atoms with E-state index in [1.54, 1.807) is 19.1 Å². The molecule has 0 unspecified atom stereocenters. The fourth-order valence-corrected chi connectivity index (χ4v) is 4.33. The Bertz CT molecular complexity index is 1740. The normalized spacial score (nSPS) is 12.1. The number of aromatic amines is 1. The maximum absolute atomic E-state index is 13.4. The number of nitrogens with zero attached hydrogens (tertiary/aromatic N) is 3. The number of nitrogens with one attached hydrogen (secondary N) is 2. The lowest BCUT2D eigenvalue weighted by Crippen LogP contribution is -2.13. The van der Waals surface area contributed by atoms with Gasteiger partial charge in [0.25, 0.3) is 0 Å². The number of rotatable bonds is 5. The lowest BCUT2D eigenvalue weighted by Gasteiger charge is -2.20. The molecule has 5 rings (SSSR count). The predicted molar refractivity (Wildman–Crippen MR) is 137 cm³/mol. The predicted octanol–water partition coefficient (Wildman–Crippen LogP) is 5.35. The van der Waals surface area contributed by atoms with Crippen molar-refractivity contribution in [1.82, 2.24) is 20.1 Å². The third-order valence-corrected chi connectivity index (χ3v) is 6.09. The van der Waals surface area contributed by atoms with Crippen LogP contribution >= 0.6 is 11.6 Å². The minimum absolute atomic E-state index is 0.110. The van der Waals surface area contributed by atoms with Gasteiger partial charge in [-0.15, -0.1) is 0 Å². The second-order valence-electron chi connectivity index (χ2n) is 8.62. The molecule has 2 N–H and O–H groups in total. The molecule has 4 aromatic heterocycles. The van der Waals surface area contributed by atoms with E-state index in [-0.39, 0.29) is 22.4 Å². The lowest BCUT2D eigenvalue weighted by molar-refractivity contribution is 0.388. The van der Waals surface area contributed by atoms with E-state index in [1.807, 2.05) is 51.1 Å². The van der Waals surface area contributed by atoms with Crippen molar-refractivity contribution in [3.8, 4) is 23.0 Å². The largest absolute Gasteiger partial charge is 0.454 e. The Morgan fingerprint density at radius 1 is 1.06 bits per heavy atom. The molecule has 0 amide bonds. The molecule has 182 valence electrons. The summed E-state index contributed by atoms with van der Waals surface area (Å²) in [5, 5.41) is 7.83. The van der Waals surface area contributed by atoms with Crippen LogP contribution in [-0.4, -0.2) is 20.1 Å². The molecule has 0 aliphatic carbocycles. The Labute approximate surface area is 210 Å². The van der Waals surface area contributed by atoms with Gasteiger partial charge in [0, 0.05) is 16.8 Å². The van der Waals surface area contributed by atoms with Crippen molar-refractivity contribution in [3.05, 3.63) is 90.8 Å². The van der Waals surface area contributed by atoms with E-state index >= 15 is 0 Å². The van der Waals surface area contributed by atoms with E-state index in [0.29, 0.717) is 39.4 Å².